The fourth-order valence-electron chi connectivity index (χ4n) is 1.34. The molecule has 1 saturated carbocycles. The van der Waals surface area contributed by atoms with Crippen LogP contribution >= 0.6 is 0 Å². The molecule has 0 spiro atoms. The smallest absolute Gasteiger partial charge is 0.0576 e. The van der Waals surface area contributed by atoms with Gasteiger partial charge in [-0.05, 0) is 24.7 Å². The number of ether oxygens (including phenoxy) is 1. The zero-order chi connectivity index (χ0) is 6.85. The maximum Gasteiger partial charge on any atom is 0.0576 e. The van der Waals surface area contributed by atoms with E-state index in [0.717, 1.165) is 11.8 Å². The zero-order valence-electron chi connectivity index (χ0n) is 6.55. The summed E-state index contributed by atoms with van der Waals surface area (Å²) in [4.78, 5) is 0. The third-order valence-electron chi connectivity index (χ3n) is 2.41. The second kappa shape index (κ2) is 2.70. The number of rotatable bonds is 2. The van der Waals surface area contributed by atoms with Crippen LogP contribution in [0, 0.1) is 11.8 Å². The molecule has 0 saturated heterocycles. The van der Waals surface area contributed by atoms with Crippen LogP contribution in [-0.2, 0) is 4.74 Å². The standard InChI is InChI=1S/C8H16O/c1-6(2)7-4-8(5-7)9-3/h6-8H,4-5H2,1-3H3. The molecular formula is C8H16O. The van der Waals surface area contributed by atoms with E-state index in [1.807, 2.05) is 0 Å². The van der Waals surface area contributed by atoms with Crippen molar-refractivity contribution in [3.8, 4) is 0 Å². The normalized spacial score (nSPS) is 34.7. The molecule has 54 valence electrons. The lowest BCUT2D eigenvalue weighted by molar-refractivity contribution is -0.0146. The van der Waals surface area contributed by atoms with Gasteiger partial charge in [0.25, 0.3) is 0 Å². The maximum atomic E-state index is 5.17. The predicted molar refractivity (Wildman–Crippen MR) is 38.4 cm³/mol. The molecule has 0 amide bonds. The lowest BCUT2D eigenvalue weighted by atomic mass is 9.75. The van der Waals surface area contributed by atoms with Crippen molar-refractivity contribution in [1.82, 2.24) is 0 Å². The van der Waals surface area contributed by atoms with Crippen LogP contribution in [0.1, 0.15) is 26.7 Å². The summed E-state index contributed by atoms with van der Waals surface area (Å²) in [7, 11) is 1.81. The van der Waals surface area contributed by atoms with Crippen molar-refractivity contribution in [2.24, 2.45) is 11.8 Å². The third kappa shape index (κ3) is 1.45. The molecule has 1 aliphatic carbocycles. The van der Waals surface area contributed by atoms with Gasteiger partial charge in [-0.25, -0.2) is 0 Å². The summed E-state index contributed by atoms with van der Waals surface area (Å²) in [5.74, 6) is 1.80. The highest BCUT2D eigenvalue weighted by molar-refractivity contribution is 4.81. The zero-order valence-corrected chi connectivity index (χ0v) is 6.55. The van der Waals surface area contributed by atoms with E-state index >= 15 is 0 Å². The number of hydrogen-bond donors (Lipinski definition) is 0. The van der Waals surface area contributed by atoms with Gasteiger partial charge in [0.1, 0.15) is 0 Å². The highest BCUT2D eigenvalue weighted by Gasteiger charge is 2.30. The summed E-state index contributed by atoms with van der Waals surface area (Å²) < 4.78 is 5.17. The van der Waals surface area contributed by atoms with Crippen molar-refractivity contribution in [1.29, 1.82) is 0 Å². The number of hydrogen-bond acceptors (Lipinski definition) is 1. The molecule has 1 aliphatic rings. The Labute approximate surface area is 57.4 Å². The molecule has 0 aromatic rings. The van der Waals surface area contributed by atoms with Crippen LogP contribution in [0.3, 0.4) is 0 Å². The summed E-state index contributed by atoms with van der Waals surface area (Å²) in [6.45, 7) is 4.58. The van der Waals surface area contributed by atoms with E-state index < -0.39 is 0 Å². The van der Waals surface area contributed by atoms with E-state index in [2.05, 4.69) is 13.8 Å². The van der Waals surface area contributed by atoms with Gasteiger partial charge in [-0.1, -0.05) is 13.8 Å². The van der Waals surface area contributed by atoms with Gasteiger partial charge in [0, 0.05) is 7.11 Å². The summed E-state index contributed by atoms with van der Waals surface area (Å²) in [5, 5.41) is 0. The van der Waals surface area contributed by atoms with Crippen LogP contribution in [0.2, 0.25) is 0 Å². The van der Waals surface area contributed by atoms with Crippen molar-refractivity contribution in [2.75, 3.05) is 7.11 Å². The largest absolute Gasteiger partial charge is 0.381 e. The molecule has 0 radical (unpaired) electrons. The number of methoxy groups -OCH3 is 1. The van der Waals surface area contributed by atoms with Gasteiger partial charge in [0.05, 0.1) is 6.10 Å². The topological polar surface area (TPSA) is 9.23 Å². The summed E-state index contributed by atoms with van der Waals surface area (Å²) in [5.41, 5.74) is 0. The van der Waals surface area contributed by atoms with Crippen LogP contribution in [0.5, 0.6) is 0 Å². The Balaban J connectivity index is 2.12. The summed E-state index contributed by atoms with van der Waals surface area (Å²) in [6, 6.07) is 0. The summed E-state index contributed by atoms with van der Waals surface area (Å²) >= 11 is 0. The van der Waals surface area contributed by atoms with Gasteiger partial charge < -0.3 is 4.74 Å². The highest BCUT2D eigenvalue weighted by Crippen LogP contribution is 2.34. The van der Waals surface area contributed by atoms with Crippen molar-refractivity contribution >= 4 is 0 Å². The molecule has 0 bridgehead atoms. The fraction of sp³-hybridized carbons (Fsp3) is 1.00. The SMILES string of the molecule is COC1CC(C(C)C)C1. The first-order chi connectivity index (χ1) is 4.24. The molecule has 9 heavy (non-hydrogen) atoms. The van der Waals surface area contributed by atoms with Crippen molar-refractivity contribution in [2.45, 2.75) is 32.8 Å². The third-order valence-corrected chi connectivity index (χ3v) is 2.41. The molecule has 0 heterocycles. The second-order valence-electron chi connectivity index (χ2n) is 3.33. The molecule has 1 fully saturated rings. The van der Waals surface area contributed by atoms with E-state index in [4.69, 9.17) is 4.74 Å². The molecule has 0 unspecified atom stereocenters. The van der Waals surface area contributed by atoms with Crippen LogP contribution in [0.25, 0.3) is 0 Å². The minimum atomic E-state index is 0.581. The van der Waals surface area contributed by atoms with Gasteiger partial charge in [0.15, 0.2) is 0 Å². The highest BCUT2D eigenvalue weighted by atomic mass is 16.5. The first-order valence-electron chi connectivity index (χ1n) is 3.76. The van der Waals surface area contributed by atoms with Gasteiger partial charge in [-0.2, -0.15) is 0 Å². The van der Waals surface area contributed by atoms with E-state index in [-0.39, 0.29) is 0 Å². The molecule has 0 atom stereocenters. The van der Waals surface area contributed by atoms with Crippen LogP contribution in [0.15, 0.2) is 0 Å². The van der Waals surface area contributed by atoms with E-state index in [1.54, 1.807) is 7.11 Å². The monoisotopic (exact) mass is 128 g/mol. The van der Waals surface area contributed by atoms with Crippen LogP contribution in [0.4, 0.5) is 0 Å². The van der Waals surface area contributed by atoms with E-state index in [9.17, 15) is 0 Å². The van der Waals surface area contributed by atoms with Gasteiger partial charge in [-0.15, -0.1) is 0 Å². The lowest BCUT2D eigenvalue weighted by Gasteiger charge is -2.36. The van der Waals surface area contributed by atoms with Crippen molar-refractivity contribution in [3.05, 3.63) is 0 Å². The maximum absolute atomic E-state index is 5.17. The van der Waals surface area contributed by atoms with Gasteiger partial charge >= 0.3 is 0 Å². The molecular weight excluding hydrogens is 112 g/mol. The molecule has 1 nitrogen and oxygen atoms in total. The van der Waals surface area contributed by atoms with Crippen molar-refractivity contribution < 1.29 is 4.74 Å². The quantitative estimate of drug-likeness (QED) is 0.553. The molecule has 1 rings (SSSR count). The second-order valence-corrected chi connectivity index (χ2v) is 3.33. The Kier molecular flexibility index (Phi) is 2.12. The Morgan fingerprint density at radius 1 is 1.33 bits per heavy atom. The average molecular weight is 128 g/mol. The summed E-state index contributed by atoms with van der Waals surface area (Å²) in [6.07, 6.45) is 3.15. The van der Waals surface area contributed by atoms with E-state index in [0.29, 0.717) is 6.10 Å². The Bertz CT molecular complexity index is 82.6. The van der Waals surface area contributed by atoms with Crippen LogP contribution in [-0.4, -0.2) is 13.2 Å². The molecule has 0 aliphatic heterocycles. The van der Waals surface area contributed by atoms with Crippen LogP contribution < -0.4 is 0 Å². The molecule has 0 aromatic carbocycles. The van der Waals surface area contributed by atoms with Crippen molar-refractivity contribution in [3.63, 3.8) is 0 Å². The van der Waals surface area contributed by atoms with E-state index in [1.165, 1.54) is 12.8 Å². The Morgan fingerprint density at radius 2 is 1.89 bits per heavy atom. The van der Waals surface area contributed by atoms with Gasteiger partial charge in [-0.3, -0.25) is 0 Å². The predicted octanol–water partition coefficient (Wildman–Crippen LogP) is 2.07. The molecule has 1 heteroatoms. The Hall–Kier alpha value is -0.0400. The first-order valence-corrected chi connectivity index (χ1v) is 3.76. The molecule has 0 N–H and O–H groups in total. The minimum Gasteiger partial charge on any atom is -0.381 e. The first kappa shape index (κ1) is 7.07. The average Bonchev–Trinajstić information content (AvgIpc) is 1.61. The minimum absolute atomic E-state index is 0.581. The Morgan fingerprint density at radius 3 is 2.22 bits per heavy atom. The molecule has 0 aromatic heterocycles. The fourth-order valence-corrected chi connectivity index (χ4v) is 1.34. The van der Waals surface area contributed by atoms with Gasteiger partial charge in [0.2, 0.25) is 0 Å². The lowest BCUT2D eigenvalue weighted by Crippen LogP contribution is -2.33.